The van der Waals surface area contributed by atoms with E-state index in [4.69, 9.17) is 0 Å². The molecule has 1 aromatic carbocycles. The Labute approximate surface area is 260 Å². The molecule has 10 nitrogen and oxygen atoms in total. The van der Waals surface area contributed by atoms with Gasteiger partial charge in [-0.05, 0) is 49.4 Å². The van der Waals surface area contributed by atoms with Crippen molar-refractivity contribution in [2.45, 2.75) is 63.6 Å². The second-order valence-corrected chi connectivity index (χ2v) is 11.7. The van der Waals surface area contributed by atoms with Crippen LogP contribution < -0.4 is 4.90 Å². The first-order valence-corrected chi connectivity index (χ1v) is 14.8. The molecule has 2 aliphatic rings. The molecule has 0 radical (unpaired) electrons. The molecule has 5 rings (SSSR count). The zero-order chi connectivity index (χ0) is 33.4. The van der Waals surface area contributed by atoms with Crippen LogP contribution in [0.4, 0.5) is 37.1 Å². The topological polar surface area (TPSA) is 108 Å². The van der Waals surface area contributed by atoms with E-state index in [1.165, 1.54) is 22.2 Å². The van der Waals surface area contributed by atoms with Crippen molar-refractivity contribution in [2.24, 2.45) is 13.0 Å². The number of hydrogen-bond acceptors (Lipinski definition) is 6. The fraction of sp³-hybridized carbons (Fsp3) is 0.500. The van der Waals surface area contributed by atoms with Crippen molar-refractivity contribution in [3.8, 4) is 11.1 Å². The number of carboxylic acid groups (broad SMARTS) is 1. The number of urea groups is 1. The molecule has 2 amide bonds. The number of aliphatic carboxylic acids is 1. The van der Waals surface area contributed by atoms with Crippen LogP contribution in [0, 0.1) is 5.92 Å². The molecule has 3 atom stereocenters. The molecule has 2 fully saturated rings. The van der Waals surface area contributed by atoms with Gasteiger partial charge < -0.3 is 19.8 Å². The van der Waals surface area contributed by atoms with E-state index in [-0.39, 0.29) is 42.7 Å². The monoisotopic (exact) mass is 653 g/mol. The lowest BCUT2D eigenvalue weighted by atomic mass is 9.98. The van der Waals surface area contributed by atoms with Crippen LogP contribution in [0.15, 0.2) is 43.0 Å². The molecular weight excluding hydrogens is 620 g/mol. The molecule has 0 spiro atoms. The fourth-order valence-electron chi connectivity index (χ4n) is 6.13. The first-order valence-electron chi connectivity index (χ1n) is 14.8. The molecule has 2 aromatic heterocycles. The van der Waals surface area contributed by atoms with E-state index < -0.39 is 48.0 Å². The van der Waals surface area contributed by atoms with Gasteiger partial charge >= 0.3 is 24.4 Å². The second-order valence-electron chi connectivity index (χ2n) is 11.7. The number of benzene rings is 1. The van der Waals surface area contributed by atoms with Crippen molar-refractivity contribution in [1.82, 2.24) is 29.5 Å². The summed E-state index contributed by atoms with van der Waals surface area (Å²) < 4.78 is 83.8. The number of likely N-dealkylation sites (tertiary alicyclic amines) is 2. The number of carbonyl (C=O) groups excluding carboxylic acids is 1. The smallest absolute Gasteiger partial charge is 0.416 e. The Morgan fingerprint density at radius 2 is 1.63 bits per heavy atom. The van der Waals surface area contributed by atoms with E-state index in [2.05, 4.69) is 15.1 Å². The summed E-state index contributed by atoms with van der Waals surface area (Å²) in [4.78, 5) is 38.8. The third-order valence-corrected chi connectivity index (χ3v) is 8.52. The zero-order valence-electron chi connectivity index (χ0n) is 25.1. The number of nitrogens with zero attached hydrogens (tertiary/aromatic N) is 7. The highest BCUT2D eigenvalue weighted by atomic mass is 19.4. The number of rotatable bonds is 7. The number of carbonyl (C=O) groups is 2. The number of piperidine rings is 1. The van der Waals surface area contributed by atoms with Gasteiger partial charge in [0.15, 0.2) is 0 Å². The summed E-state index contributed by atoms with van der Waals surface area (Å²) in [6, 6.07) is 0.211. The SMILES string of the molecule is CC[C@@H]1C[C@H](N(Cc2cc(C(F)(F)F)cc(C(F)(F)F)c2)c2ncc(-c3cnn(C)c3)cn2)CN1C(=O)N1CCC[C@H](C(=O)O)C1. The van der Waals surface area contributed by atoms with Crippen LogP contribution in [-0.2, 0) is 30.7 Å². The zero-order valence-corrected chi connectivity index (χ0v) is 25.1. The standard InChI is InChI=1S/C30H33F6N7O3/c1-3-24-10-25(17-43(24)28(46)41-6-4-5-19(16-41)26(44)45)42(27-37-11-20(12-38-27)21-13-39-40(2)15-21)14-18-7-22(29(31,32)33)9-23(8-18)30(34,35)36/h7-9,11-13,15,19,24-25H,3-6,10,14,16-17H2,1-2H3,(H,44,45)/t19-,24+,25-/m0/s1. The Morgan fingerprint density at radius 1 is 0.978 bits per heavy atom. The maximum absolute atomic E-state index is 13.7. The number of hydrogen-bond donors (Lipinski definition) is 1. The third-order valence-electron chi connectivity index (χ3n) is 8.52. The van der Waals surface area contributed by atoms with Gasteiger partial charge in [0, 0.05) is 69.0 Å². The molecule has 2 saturated heterocycles. The average molecular weight is 654 g/mol. The molecule has 0 bridgehead atoms. The Balaban J connectivity index is 1.49. The first kappa shape index (κ1) is 33.0. The van der Waals surface area contributed by atoms with Crippen LogP contribution >= 0.6 is 0 Å². The number of alkyl halides is 6. The molecule has 0 saturated carbocycles. The first-order chi connectivity index (χ1) is 21.6. The summed E-state index contributed by atoms with van der Waals surface area (Å²) in [5.74, 6) is -1.61. The summed E-state index contributed by atoms with van der Waals surface area (Å²) in [6.45, 7) is 2.00. The van der Waals surface area contributed by atoms with Crippen molar-refractivity contribution >= 4 is 17.9 Å². The summed E-state index contributed by atoms with van der Waals surface area (Å²) >= 11 is 0. The molecule has 46 heavy (non-hydrogen) atoms. The van der Waals surface area contributed by atoms with Gasteiger partial charge in [-0.1, -0.05) is 6.92 Å². The molecule has 0 unspecified atom stereocenters. The molecule has 4 heterocycles. The fourth-order valence-corrected chi connectivity index (χ4v) is 6.13. The number of anilines is 1. The van der Waals surface area contributed by atoms with E-state index in [1.54, 1.807) is 29.0 Å². The van der Waals surface area contributed by atoms with Crippen LogP contribution in [0.2, 0.25) is 0 Å². The van der Waals surface area contributed by atoms with E-state index in [0.717, 1.165) is 0 Å². The Kier molecular flexibility index (Phi) is 9.18. The summed E-state index contributed by atoms with van der Waals surface area (Å²) in [5.41, 5.74) is -1.81. The molecule has 0 aliphatic carbocycles. The van der Waals surface area contributed by atoms with Gasteiger partial charge in [-0.15, -0.1) is 0 Å². The normalized spacial score (nSPS) is 20.7. The van der Waals surface area contributed by atoms with Crippen LogP contribution in [-0.4, -0.2) is 78.4 Å². The second kappa shape index (κ2) is 12.8. The molecule has 2 aliphatic heterocycles. The van der Waals surface area contributed by atoms with Crippen LogP contribution in [0.25, 0.3) is 11.1 Å². The highest BCUT2D eigenvalue weighted by molar-refractivity contribution is 5.77. The quantitative estimate of drug-likeness (QED) is 0.327. The van der Waals surface area contributed by atoms with Crippen molar-refractivity contribution in [1.29, 1.82) is 0 Å². The number of halogens is 6. The van der Waals surface area contributed by atoms with Gasteiger partial charge in [-0.3, -0.25) is 9.48 Å². The Bertz CT molecular complexity index is 1530. The number of carboxylic acids is 1. The summed E-state index contributed by atoms with van der Waals surface area (Å²) in [6.07, 6.45) is -1.87. The Hall–Kier alpha value is -4.37. The maximum atomic E-state index is 13.7. The van der Waals surface area contributed by atoms with Gasteiger partial charge in [0.1, 0.15) is 0 Å². The van der Waals surface area contributed by atoms with Gasteiger partial charge in [0.25, 0.3) is 0 Å². The lowest BCUT2D eigenvalue weighted by Crippen LogP contribution is -2.50. The molecular formula is C30H33F6N7O3. The number of amides is 2. The Morgan fingerprint density at radius 3 is 2.17 bits per heavy atom. The molecule has 3 aromatic rings. The van der Waals surface area contributed by atoms with Crippen molar-refractivity contribution < 1.29 is 41.0 Å². The van der Waals surface area contributed by atoms with E-state index >= 15 is 0 Å². The summed E-state index contributed by atoms with van der Waals surface area (Å²) in [7, 11) is 1.73. The highest BCUT2D eigenvalue weighted by Crippen LogP contribution is 2.38. The highest BCUT2D eigenvalue weighted by Gasteiger charge is 2.42. The summed E-state index contributed by atoms with van der Waals surface area (Å²) in [5, 5.41) is 13.6. The molecule has 1 N–H and O–H groups in total. The van der Waals surface area contributed by atoms with Gasteiger partial charge in [0.05, 0.1) is 29.3 Å². The van der Waals surface area contributed by atoms with Crippen LogP contribution in [0.1, 0.15) is 49.3 Å². The number of aromatic nitrogens is 4. The lowest BCUT2D eigenvalue weighted by molar-refractivity contribution is -0.144. The molecule has 248 valence electrons. The minimum Gasteiger partial charge on any atom is -0.481 e. The van der Waals surface area contributed by atoms with Crippen molar-refractivity contribution in [3.63, 3.8) is 0 Å². The largest absolute Gasteiger partial charge is 0.481 e. The van der Waals surface area contributed by atoms with E-state index in [0.29, 0.717) is 55.5 Å². The van der Waals surface area contributed by atoms with Gasteiger partial charge in [0.2, 0.25) is 5.95 Å². The van der Waals surface area contributed by atoms with Crippen molar-refractivity contribution in [2.75, 3.05) is 24.5 Å². The van der Waals surface area contributed by atoms with Crippen LogP contribution in [0.3, 0.4) is 0 Å². The predicted molar refractivity (Wildman–Crippen MR) is 153 cm³/mol. The maximum Gasteiger partial charge on any atom is 0.416 e. The lowest BCUT2D eigenvalue weighted by Gasteiger charge is -2.36. The van der Waals surface area contributed by atoms with E-state index in [9.17, 15) is 41.0 Å². The van der Waals surface area contributed by atoms with Crippen molar-refractivity contribution in [3.05, 3.63) is 59.7 Å². The van der Waals surface area contributed by atoms with Crippen LogP contribution in [0.5, 0.6) is 0 Å². The minimum atomic E-state index is -5.02. The molecule has 16 heteroatoms. The third kappa shape index (κ3) is 7.20. The predicted octanol–water partition coefficient (Wildman–Crippen LogP) is 5.69. The minimum absolute atomic E-state index is 0.0544. The van der Waals surface area contributed by atoms with E-state index in [1.807, 2.05) is 6.92 Å². The van der Waals surface area contributed by atoms with Gasteiger partial charge in [-0.25, -0.2) is 14.8 Å². The average Bonchev–Trinajstić information content (AvgIpc) is 3.65. The van der Waals surface area contributed by atoms with Gasteiger partial charge in [-0.2, -0.15) is 31.4 Å². The number of aryl methyl sites for hydroxylation is 1.